The molecule has 1 aliphatic rings. The topological polar surface area (TPSA) is 34.2 Å². The molecule has 3 nitrogen and oxygen atoms in total. The number of ether oxygens (including phenoxy) is 1. The van der Waals surface area contributed by atoms with Crippen molar-refractivity contribution in [3.63, 3.8) is 0 Å². The van der Waals surface area contributed by atoms with E-state index >= 15 is 0 Å². The van der Waals surface area contributed by atoms with Crippen LogP contribution in [0.3, 0.4) is 0 Å². The maximum absolute atomic E-state index is 5.43. The van der Waals surface area contributed by atoms with Gasteiger partial charge in [-0.1, -0.05) is 0 Å². The molecule has 2 rings (SSSR count). The minimum atomic E-state index is -0.0455. The van der Waals surface area contributed by atoms with Crippen molar-refractivity contribution in [2.24, 2.45) is 5.92 Å². The molecule has 0 saturated carbocycles. The highest BCUT2D eigenvalue weighted by atomic mass is 32.1. The quantitative estimate of drug-likeness (QED) is 0.877. The van der Waals surface area contributed by atoms with Gasteiger partial charge in [-0.3, -0.25) is 0 Å². The summed E-state index contributed by atoms with van der Waals surface area (Å²) >= 11 is 1.71. The predicted octanol–water partition coefficient (Wildman–Crippen LogP) is 2.39. The average molecular weight is 240 g/mol. The van der Waals surface area contributed by atoms with Gasteiger partial charge < -0.3 is 10.1 Å². The number of aromatic nitrogens is 1. The minimum absolute atomic E-state index is 0.0455. The van der Waals surface area contributed by atoms with Crippen molar-refractivity contribution in [1.82, 2.24) is 10.3 Å². The lowest BCUT2D eigenvalue weighted by Crippen LogP contribution is -2.45. The maximum atomic E-state index is 5.43. The third-order valence-electron chi connectivity index (χ3n) is 3.23. The van der Waals surface area contributed by atoms with E-state index in [1.165, 1.54) is 6.42 Å². The van der Waals surface area contributed by atoms with Crippen LogP contribution >= 0.6 is 11.3 Å². The third kappa shape index (κ3) is 2.62. The van der Waals surface area contributed by atoms with Gasteiger partial charge in [-0.25, -0.2) is 4.98 Å². The zero-order valence-electron chi connectivity index (χ0n) is 10.2. The van der Waals surface area contributed by atoms with Crippen LogP contribution in [0.2, 0.25) is 0 Å². The van der Waals surface area contributed by atoms with Gasteiger partial charge in [0, 0.05) is 24.2 Å². The second-order valence-electron chi connectivity index (χ2n) is 5.02. The molecule has 0 spiro atoms. The summed E-state index contributed by atoms with van der Waals surface area (Å²) in [6.07, 6.45) is 3.04. The van der Waals surface area contributed by atoms with E-state index in [0.29, 0.717) is 12.0 Å². The van der Waals surface area contributed by atoms with Gasteiger partial charge >= 0.3 is 0 Å². The lowest BCUT2D eigenvalue weighted by atomic mass is 9.96. The Morgan fingerprint density at radius 3 is 3.00 bits per heavy atom. The highest BCUT2D eigenvalue weighted by Crippen LogP contribution is 2.25. The lowest BCUT2D eigenvalue weighted by Gasteiger charge is -2.31. The Balaban J connectivity index is 1.97. The molecular weight excluding hydrogens is 220 g/mol. The van der Waals surface area contributed by atoms with Gasteiger partial charge in [0.2, 0.25) is 0 Å². The summed E-state index contributed by atoms with van der Waals surface area (Å²) in [7, 11) is 0. The lowest BCUT2D eigenvalue weighted by molar-refractivity contribution is 0.172. The average Bonchev–Trinajstić information content (AvgIpc) is 2.91. The second kappa shape index (κ2) is 4.82. The molecule has 1 N–H and O–H groups in total. The van der Waals surface area contributed by atoms with Crippen LogP contribution in [0.1, 0.15) is 32.2 Å². The van der Waals surface area contributed by atoms with E-state index < -0.39 is 0 Å². The fourth-order valence-electron chi connectivity index (χ4n) is 2.23. The van der Waals surface area contributed by atoms with Gasteiger partial charge in [-0.2, -0.15) is 0 Å². The molecule has 4 heteroatoms. The predicted molar refractivity (Wildman–Crippen MR) is 66.7 cm³/mol. The number of nitrogens with one attached hydrogen (secondary N) is 1. The van der Waals surface area contributed by atoms with Crippen molar-refractivity contribution in [3.05, 3.63) is 16.6 Å². The Morgan fingerprint density at radius 1 is 1.62 bits per heavy atom. The normalized spacial score (nSPS) is 23.6. The van der Waals surface area contributed by atoms with Gasteiger partial charge in [0.1, 0.15) is 5.01 Å². The first-order valence-electron chi connectivity index (χ1n) is 5.85. The van der Waals surface area contributed by atoms with Crippen LogP contribution < -0.4 is 5.32 Å². The first-order chi connectivity index (χ1) is 7.59. The summed E-state index contributed by atoms with van der Waals surface area (Å²) in [6, 6.07) is 0.474. The Morgan fingerprint density at radius 2 is 2.44 bits per heavy atom. The molecule has 0 bridgehead atoms. The SMILES string of the molecule is CC(NC(C)(C)c1nccs1)C1CCOC1. The van der Waals surface area contributed by atoms with E-state index in [4.69, 9.17) is 4.74 Å². The summed E-state index contributed by atoms with van der Waals surface area (Å²) < 4.78 is 5.43. The Labute approximate surface area is 101 Å². The molecule has 1 saturated heterocycles. The van der Waals surface area contributed by atoms with Gasteiger partial charge in [-0.15, -0.1) is 11.3 Å². The van der Waals surface area contributed by atoms with Crippen LogP contribution in [0.5, 0.6) is 0 Å². The van der Waals surface area contributed by atoms with Crippen LogP contribution in [0.15, 0.2) is 11.6 Å². The van der Waals surface area contributed by atoms with Crippen molar-refractivity contribution in [1.29, 1.82) is 0 Å². The van der Waals surface area contributed by atoms with Crippen molar-refractivity contribution >= 4 is 11.3 Å². The molecule has 2 heterocycles. The van der Waals surface area contributed by atoms with E-state index in [9.17, 15) is 0 Å². The van der Waals surface area contributed by atoms with Crippen LogP contribution in [-0.2, 0) is 10.3 Å². The summed E-state index contributed by atoms with van der Waals surface area (Å²) in [5, 5.41) is 6.85. The third-order valence-corrected chi connectivity index (χ3v) is 4.32. The molecular formula is C12H20N2OS. The van der Waals surface area contributed by atoms with Gasteiger partial charge in [-0.05, 0) is 33.1 Å². The van der Waals surface area contributed by atoms with E-state index in [0.717, 1.165) is 18.2 Å². The molecule has 2 atom stereocenters. The summed E-state index contributed by atoms with van der Waals surface area (Å²) in [5.41, 5.74) is -0.0455. The number of rotatable bonds is 4. The van der Waals surface area contributed by atoms with Crippen LogP contribution in [-0.4, -0.2) is 24.2 Å². The number of hydrogen-bond donors (Lipinski definition) is 1. The molecule has 1 aliphatic heterocycles. The monoisotopic (exact) mass is 240 g/mol. The molecule has 0 aromatic carbocycles. The number of nitrogens with zero attached hydrogens (tertiary/aromatic N) is 1. The van der Waals surface area contributed by atoms with Crippen LogP contribution in [0.25, 0.3) is 0 Å². The summed E-state index contributed by atoms with van der Waals surface area (Å²) in [5.74, 6) is 0.638. The van der Waals surface area contributed by atoms with Crippen LogP contribution in [0, 0.1) is 5.92 Å². The summed E-state index contributed by atoms with van der Waals surface area (Å²) in [4.78, 5) is 4.39. The van der Waals surface area contributed by atoms with E-state index in [1.54, 1.807) is 11.3 Å². The zero-order valence-corrected chi connectivity index (χ0v) is 11.0. The molecule has 2 unspecified atom stereocenters. The van der Waals surface area contributed by atoms with Crippen molar-refractivity contribution in [3.8, 4) is 0 Å². The minimum Gasteiger partial charge on any atom is -0.381 e. The molecule has 16 heavy (non-hydrogen) atoms. The van der Waals surface area contributed by atoms with Crippen molar-refractivity contribution in [2.75, 3.05) is 13.2 Å². The highest BCUT2D eigenvalue weighted by molar-refractivity contribution is 7.09. The van der Waals surface area contributed by atoms with Crippen LogP contribution in [0.4, 0.5) is 0 Å². The first kappa shape index (κ1) is 12.0. The van der Waals surface area contributed by atoms with E-state index in [-0.39, 0.29) is 5.54 Å². The van der Waals surface area contributed by atoms with Gasteiger partial charge in [0.25, 0.3) is 0 Å². The molecule has 1 aromatic heterocycles. The zero-order chi connectivity index (χ0) is 11.6. The highest BCUT2D eigenvalue weighted by Gasteiger charge is 2.30. The molecule has 90 valence electrons. The Bertz CT molecular complexity index is 318. The second-order valence-corrected chi connectivity index (χ2v) is 5.91. The molecule has 0 amide bonds. The Kier molecular flexibility index (Phi) is 3.62. The van der Waals surface area contributed by atoms with E-state index in [2.05, 4.69) is 31.1 Å². The molecule has 1 aromatic rings. The van der Waals surface area contributed by atoms with Crippen molar-refractivity contribution in [2.45, 2.75) is 38.8 Å². The fraction of sp³-hybridized carbons (Fsp3) is 0.750. The molecule has 0 aliphatic carbocycles. The Hall–Kier alpha value is -0.450. The fourth-order valence-corrected chi connectivity index (χ4v) is 2.95. The van der Waals surface area contributed by atoms with Gasteiger partial charge in [0.05, 0.1) is 12.1 Å². The maximum Gasteiger partial charge on any atom is 0.112 e. The standard InChI is InChI=1S/C12H20N2OS/c1-9(10-4-6-15-8-10)14-12(2,3)11-13-5-7-16-11/h5,7,9-10,14H,4,6,8H2,1-3H3. The summed E-state index contributed by atoms with van der Waals surface area (Å²) in [6.45, 7) is 8.43. The smallest absolute Gasteiger partial charge is 0.112 e. The van der Waals surface area contributed by atoms with Crippen molar-refractivity contribution < 1.29 is 4.74 Å². The first-order valence-corrected chi connectivity index (χ1v) is 6.73. The number of hydrogen-bond acceptors (Lipinski definition) is 4. The largest absolute Gasteiger partial charge is 0.381 e. The van der Waals surface area contributed by atoms with E-state index in [1.807, 2.05) is 11.6 Å². The molecule has 1 fully saturated rings. The molecule has 0 radical (unpaired) electrons. The number of thiazole rings is 1. The van der Waals surface area contributed by atoms with Gasteiger partial charge in [0.15, 0.2) is 0 Å².